The minimum absolute atomic E-state index is 0.0106. The molecule has 1 rings (SSSR count). The Morgan fingerprint density at radius 3 is 3.07 bits per heavy atom. The van der Waals surface area contributed by atoms with Crippen molar-refractivity contribution in [1.29, 1.82) is 0 Å². The van der Waals surface area contributed by atoms with E-state index < -0.39 is 0 Å². The lowest BCUT2D eigenvalue weighted by molar-refractivity contribution is -0.122. The molecule has 0 aromatic carbocycles. The molecule has 0 spiro atoms. The molecule has 1 fully saturated rings. The van der Waals surface area contributed by atoms with Crippen LogP contribution in [0.1, 0.15) is 26.2 Å². The predicted octanol–water partition coefficient (Wildman–Crippen LogP) is -0.127. The molecule has 1 aliphatic heterocycles. The van der Waals surface area contributed by atoms with E-state index in [9.17, 15) is 4.79 Å². The second kappa shape index (κ2) is 5.98. The van der Waals surface area contributed by atoms with Gasteiger partial charge in [-0.25, -0.2) is 0 Å². The fourth-order valence-corrected chi connectivity index (χ4v) is 1.69. The van der Waals surface area contributed by atoms with Crippen molar-refractivity contribution in [3.05, 3.63) is 0 Å². The standard InChI is InChI=1S/C10H20N2O2/c1-8(7-13)12-10(14)3-2-9-4-5-11-6-9/h8-9,11,13H,2-7H2,1H3,(H,12,14). The number of amides is 1. The Balaban J connectivity index is 2.08. The minimum Gasteiger partial charge on any atom is -0.394 e. The highest BCUT2D eigenvalue weighted by Crippen LogP contribution is 2.13. The van der Waals surface area contributed by atoms with Crippen molar-refractivity contribution in [3.63, 3.8) is 0 Å². The van der Waals surface area contributed by atoms with Gasteiger partial charge in [-0.15, -0.1) is 0 Å². The summed E-state index contributed by atoms with van der Waals surface area (Å²) in [6.45, 7) is 3.94. The van der Waals surface area contributed by atoms with Gasteiger partial charge in [-0.2, -0.15) is 0 Å². The molecule has 0 radical (unpaired) electrons. The van der Waals surface area contributed by atoms with E-state index in [1.54, 1.807) is 6.92 Å². The molecule has 4 heteroatoms. The van der Waals surface area contributed by atoms with Crippen LogP contribution >= 0.6 is 0 Å². The number of hydrogen-bond donors (Lipinski definition) is 3. The van der Waals surface area contributed by atoms with Crippen LogP contribution in [0.5, 0.6) is 0 Å². The Hall–Kier alpha value is -0.610. The van der Waals surface area contributed by atoms with Crippen molar-refractivity contribution in [3.8, 4) is 0 Å². The van der Waals surface area contributed by atoms with Gasteiger partial charge in [0.2, 0.25) is 5.91 Å². The highest BCUT2D eigenvalue weighted by atomic mass is 16.3. The summed E-state index contributed by atoms with van der Waals surface area (Å²) in [5.41, 5.74) is 0. The molecule has 1 amide bonds. The first-order valence-corrected chi connectivity index (χ1v) is 5.33. The molecule has 2 atom stereocenters. The van der Waals surface area contributed by atoms with Crippen molar-refractivity contribution in [2.45, 2.75) is 32.2 Å². The molecule has 0 aromatic rings. The van der Waals surface area contributed by atoms with Gasteiger partial charge in [-0.05, 0) is 38.8 Å². The highest BCUT2D eigenvalue weighted by molar-refractivity contribution is 5.76. The lowest BCUT2D eigenvalue weighted by Gasteiger charge is -2.12. The topological polar surface area (TPSA) is 61.4 Å². The summed E-state index contributed by atoms with van der Waals surface area (Å²) in [5, 5.41) is 14.8. The molecule has 3 N–H and O–H groups in total. The number of aliphatic hydroxyl groups excluding tert-OH is 1. The Labute approximate surface area is 85.1 Å². The van der Waals surface area contributed by atoms with Crippen LogP contribution in [0.25, 0.3) is 0 Å². The molecule has 0 bridgehead atoms. The van der Waals surface area contributed by atoms with Gasteiger partial charge in [0, 0.05) is 12.5 Å². The Morgan fingerprint density at radius 1 is 1.71 bits per heavy atom. The van der Waals surface area contributed by atoms with Gasteiger partial charge in [0.1, 0.15) is 0 Å². The third-order valence-corrected chi connectivity index (χ3v) is 2.62. The zero-order valence-electron chi connectivity index (χ0n) is 8.75. The van der Waals surface area contributed by atoms with Crippen molar-refractivity contribution < 1.29 is 9.90 Å². The second-order valence-corrected chi connectivity index (χ2v) is 4.05. The van der Waals surface area contributed by atoms with E-state index in [0.717, 1.165) is 19.5 Å². The van der Waals surface area contributed by atoms with Gasteiger partial charge in [0.15, 0.2) is 0 Å². The Kier molecular flexibility index (Phi) is 4.90. The van der Waals surface area contributed by atoms with Crippen molar-refractivity contribution in [2.75, 3.05) is 19.7 Å². The van der Waals surface area contributed by atoms with Gasteiger partial charge >= 0.3 is 0 Å². The van der Waals surface area contributed by atoms with Gasteiger partial charge in [0.25, 0.3) is 0 Å². The first-order valence-electron chi connectivity index (χ1n) is 5.33. The Morgan fingerprint density at radius 2 is 2.50 bits per heavy atom. The zero-order valence-corrected chi connectivity index (χ0v) is 8.75. The van der Waals surface area contributed by atoms with E-state index in [-0.39, 0.29) is 18.6 Å². The Bertz CT molecular complexity index is 179. The fraction of sp³-hybridized carbons (Fsp3) is 0.900. The molecular weight excluding hydrogens is 180 g/mol. The van der Waals surface area contributed by atoms with Crippen LogP contribution < -0.4 is 10.6 Å². The van der Waals surface area contributed by atoms with Gasteiger partial charge in [0.05, 0.1) is 6.61 Å². The molecule has 0 aromatic heterocycles. The first-order chi connectivity index (χ1) is 6.72. The van der Waals surface area contributed by atoms with Crippen molar-refractivity contribution in [2.24, 2.45) is 5.92 Å². The summed E-state index contributed by atoms with van der Waals surface area (Å²) in [6, 6.07) is -0.121. The van der Waals surface area contributed by atoms with Crippen LogP contribution in [-0.2, 0) is 4.79 Å². The lowest BCUT2D eigenvalue weighted by Crippen LogP contribution is -2.35. The normalized spacial score (nSPS) is 23.4. The van der Waals surface area contributed by atoms with E-state index in [1.807, 2.05) is 0 Å². The van der Waals surface area contributed by atoms with Crippen LogP contribution in [0.4, 0.5) is 0 Å². The maximum atomic E-state index is 11.3. The third-order valence-electron chi connectivity index (χ3n) is 2.62. The molecule has 14 heavy (non-hydrogen) atoms. The second-order valence-electron chi connectivity index (χ2n) is 4.05. The number of aliphatic hydroxyl groups is 1. The molecular formula is C10H20N2O2. The third kappa shape index (κ3) is 4.07. The maximum absolute atomic E-state index is 11.3. The van der Waals surface area contributed by atoms with Gasteiger partial charge < -0.3 is 15.7 Å². The number of rotatable bonds is 5. The molecule has 1 heterocycles. The highest BCUT2D eigenvalue weighted by Gasteiger charge is 2.15. The number of nitrogens with one attached hydrogen (secondary N) is 2. The summed E-state index contributed by atoms with van der Waals surface area (Å²) >= 11 is 0. The average Bonchev–Trinajstić information content (AvgIpc) is 2.67. The number of hydrogen-bond acceptors (Lipinski definition) is 3. The molecule has 2 unspecified atom stereocenters. The van der Waals surface area contributed by atoms with Crippen LogP contribution in [0.2, 0.25) is 0 Å². The molecule has 1 saturated heterocycles. The van der Waals surface area contributed by atoms with Crippen molar-refractivity contribution in [1.82, 2.24) is 10.6 Å². The smallest absolute Gasteiger partial charge is 0.220 e. The largest absolute Gasteiger partial charge is 0.394 e. The summed E-state index contributed by atoms with van der Waals surface area (Å²) in [6.07, 6.45) is 2.72. The molecule has 1 aliphatic rings. The SMILES string of the molecule is CC(CO)NC(=O)CCC1CCNC1. The van der Waals surface area contributed by atoms with Crippen molar-refractivity contribution >= 4 is 5.91 Å². The van der Waals surface area contributed by atoms with Gasteiger partial charge in [-0.1, -0.05) is 0 Å². The lowest BCUT2D eigenvalue weighted by atomic mass is 10.0. The summed E-state index contributed by atoms with van der Waals surface area (Å²) in [5.74, 6) is 0.712. The van der Waals surface area contributed by atoms with Crippen LogP contribution in [0.15, 0.2) is 0 Å². The van der Waals surface area contributed by atoms with E-state index in [2.05, 4.69) is 10.6 Å². The molecule has 4 nitrogen and oxygen atoms in total. The molecule has 0 saturated carbocycles. The quantitative estimate of drug-likeness (QED) is 0.579. The first kappa shape index (κ1) is 11.5. The van der Waals surface area contributed by atoms with E-state index in [4.69, 9.17) is 5.11 Å². The van der Waals surface area contributed by atoms with Crippen LogP contribution in [-0.4, -0.2) is 36.8 Å². The number of carbonyl (C=O) groups excluding carboxylic acids is 1. The average molecular weight is 200 g/mol. The summed E-state index contributed by atoms with van der Waals surface area (Å²) < 4.78 is 0. The monoisotopic (exact) mass is 200 g/mol. The summed E-state index contributed by atoms with van der Waals surface area (Å²) in [7, 11) is 0. The zero-order chi connectivity index (χ0) is 10.4. The van der Waals surface area contributed by atoms with Crippen LogP contribution in [0.3, 0.4) is 0 Å². The van der Waals surface area contributed by atoms with Crippen LogP contribution in [0, 0.1) is 5.92 Å². The molecule has 82 valence electrons. The van der Waals surface area contributed by atoms with Gasteiger partial charge in [-0.3, -0.25) is 4.79 Å². The van der Waals surface area contributed by atoms with E-state index >= 15 is 0 Å². The fourth-order valence-electron chi connectivity index (χ4n) is 1.69. The van der Waals surface area contributed by atoms with E-state index in [1.165, 1.54) is 6.42 Å². The molecule has 0 aliphatic carbocycles. The minimum atomic E-state index is -0.121. The predicted molar refractivity (Wildman–Crippen MR) is 54.9 cm³/mol. The van der Waals surface area contributed by atoms with E-state index in [0.29, 0.717) is 12.3 Å². The summed E-state index contributed by atoms with van der Waals surface area (Å²) in [4.78, 5) is 11.3. The maximum Gasteiger partial charge on any atom is 0.220 e. The number of carbonyl (C=O) groups is 1.